The van der Waals surface area contributed by atoms with Gasteiger partial charge in [0.1, 0.15) is 6.61 Å². The number of ether oxygens (including phenoxy) is 1. The molecule has 1 saturated heterocycles. The van der Waals surface area contributed by atoms with E-state index in [1.807, 2.05) is 42.5 Å². The second kappa shape index (κ2) is 11.3. The van der Waals surface area contributed by atoms with Gasteiger partial charge in [-0.25, -0.2) is 0 Å². The minimum absolute atomic E-state index is 0.0178. The van der Waals surface area contributed by atoms with Crippen molar-refractivity contribution in [2.24, 2.45) is 5.92 Å². The van der Waals surface area contributed by atoms with Crippen LogP contribution in [0.3, 0.4) is 0 Å². The van der Waals surface area contributed by atoms with Gasteiger partial charge in [-0.1, -0.05) is 86.6 Å². The zero-order valence-corrected chi connectivity index (χ0v) is 19.9. The highest BCUT2D eigenvalue weighted by Gasteiger charge is 2.21. The first-order valence-corrected chi connectivity index (χ1v) is 12.2. The van der Waals surface area contributed by atoms with Crippen LogP contribution in [0.15, 0.2) is 83.7 Å². The SMILES string of the molecule is CC(C)c1ccc(CN2CCC(Cc3ccccc3)CC2)c(=O)c(OCc2ccccc2)c1. The molecule has 0 bridgehead atoms. The van der Waals surface area contributed by atoms with E-state index in [-0.39, 0.29) is 5.43 Å². The van der Waals surface area contributed by atoms with Crippen LogP contribution in [0.1, 0.15) is 54.9 Å². The van der Waals surface area contributed by atoms with E-state index in [4.69, 9.17) is 4.74 Å². The minimum Gasteiger partial charge on any atom is -0.485 e. The quantitative estimate of drug-likeness (QED) is 0.417. The third kappa shape index (κ3) is 6.55. The number of piperidine rings is 1. The summed E-state index contributed by atoms with van der Waals surface area (Å²) in [7, 11) is 0. The predicted octanol–water partition coefficient (Wildman–Crippen LogP) is 6.20. The van der Waals surface area contributed by atoms with Crippen molar-refractivity contribution < 1.29 is 4.74 Å². The van der Waals surface area contributed by atoms with Crippen molar-refractivity contribution >= 4 is 0 Å². The monoisotopic (exact) mass is 441 g/mol. The zero-order chi connectivity index (χ0) is 23.0. The van der Waals surface area contributed by atoms with E-state index in [1.165, 1.54) is 18.4 Å². The second-order valence-corrected chi connectivity index (χ2v) is 9.53. The second-order valence-electron chi connectivity index (χ2n) is 9.53. The van der Waals surface area contributed by atoms with Gasteiger partial charge in [0.25, 0.3) is 0 Å². The molecule has 0 spiro atoms. The molecular weight excluding hydrogens is 406 g/mol. The van der Waals surface area contributed by atoms with Gasteiger partial charge in [-0.2, -0.15) is 0 Å². The molecule has 0 aliphatic carbocycles. The number of rotatable bonds is 8. The fraction of sp³-hybridized carbons (Fsp3) is 0.367. The van der Waals surface area contributed by atoms with E-state index in [2.05, 4.69) is 55.1 Å². The largest absolute Gasteiger partial charge is 0.485 e. The van der Waals surface area contributed by atoms with Crippen molar-refractivity contribution in [3.05, 3.63) is 111 Å². The Balaban J connectivity index is 1.44. The van der Waals surface area contributed by atoms with Gasteiger partial charge in [0, 0.05) is 12.1 Å². The van der Waals surface area contributed by atoms with Crippen LogP contribution in [0.5, 0.6) is 5.75 Å². The third-order valence-corrected chi connectivity index (χ3v) is 6.66. The molecule has 3 heteroatoms. The first kappa shape index (κ1) is 23.3. The Bertz CT molecular complexity index is 1070. The summed E-state index contributed by atoms with van der Waals surface area (Å²) in [6, 6.07) is 26.9. The maximum atomic E-state index is 13.4. The highest BCUT2D eigenvalue weighted by molar-refractivity contribution is 5.34. The van der Waals surface area contributed by atoms with Crippen LogP contribution in [0.2, 0.25) is 0 Å². The lowest BCUT2D eigenvalue weighted by Crippen LogP contribution is -2.35. The molecular formula is C30H35NO2. The molecule has 0 unspecified atom stereocenters. The first-order valence-electron chi connectivity index (χ1n) is 12.2. The van der Waals surface area contributed by atoms with E-state index in [9.17, 15) is 4.79 Å². The molecule has 33 heavy (non-hydrogen) atoms. The van der Waals surface area contributed by atoms with Gasteiger partial charge in [0.05, 0.1) is 0 Å². The van der Waals surface area contributed by atoms with E-state index in [1.54, 1.807) is 0 Å². The lowest BCUT2D eigenvalue weighted by molar-refractivity contribution is 0.176. The zero-order valence-electron chi connectivity index (χ0n) is 19.9. The number of hydrogen-bond donors (Lipinski definition) is 0. The summed E-state index contributed by atoms with van der Waals surface area (Å²) in [5.41, 5.74) is 4.46. The van der Waals surface area contributed by atoms with Crippen molar-refractivity contribution in [2.45, 2.75) is 52.2 Å². The van der Waals surface area contributed by atoms with Crippen LogP contribution < -0.4 is 10.2 Å². The smallest absolute Gasteiger partial charge is 0.224 e. The molecule has 172 valence electrons. The minimum atomic E-state index is 0.0178. The summed E-state index contributed by atoms with van der Waals surface area (Å²) < 4.78 is 6.06. The van der Waals surface area contributed by atoms with Crippen LogP contribution in [0.25, 0.3) is 0 Å². The fourth-order valence-electron chi connectivity index (χ4n) is 4.56. The fourth-order valence-corrected chi connectivity index (χ4v) is 4.56. The Morgan fingerprint density at radius 3 is 2.15 bits per heavy atom. The van der Waals surface area contributed by atoms with Gasteiger partial charge in [-0.05, 0) is 66.9 Å². The maximum absolute atomic E-state index is 13.4. The number of benzene rings is 2. The number of likely N-dealkylation sites (tertiary alicyclic amines) is 1. The Morgan fingerprint density at radius 2 is 1.52 bits per heavy atom. The van der Waals surface area contributed by atoms with E-state index < -0.39 is 0 Å². The van der Waals surface area contributed by atoms with Gasteiger partial charge < -0.3 is 4.74 Å². The van der Waals surface area contributed by atoms with Crippen molar-refractivity contribution in [1.29, 1.82) is 0 Å². The van der Waals surface area contributed by atoms with Gasteiger partial charge in [-0.3, -0.25) is 9.69 Å². The molecule has 0 aromatic heterocycles. The van der Waals surface area contributed by atoms with Crippen LogP contribution >= 0.6 is 0 Å². The molecule has 0 radical (unpaired) electrons. The Kier molecular flexibility index (Phi) is 7.96. The lowest BCUT2D eigenvalue weighted by Gasteiger charge is -2.31. The van der Waals surface area contributed by atoms with Crippen LogP contribution in [-0.4, -0.2) is 18.0 Å². The van der Waals surface area contributed by atoms with Crippen molar-refractivity contribution in [1.82, 2.24) is 4.90 Å². The summed E-state index contributed by atoms with van der Waals surface area (Å²) in [6.07, 6.45) is 3.50. The first-order chi connectivity index (χ1) is 16.1. The van der Waals surface area contributed by atoms with Gasteiger partial charge >= 0.3 is 0 Å². The molecule has 0 saturated carbocycles. The number of hydrogen-bond acceptors (Lipinski definition) is 3. The standard InChI is InChI=1S/C30H35NO2/c1-23(2)27-13-14-28(30(32)29(20-27)33-22-26-11-7-4-8-12-26)21-31-17-15-25(16-18-31)19-24-9-5-3-6-10-24/h3-14,20,23,25H,15-19,21-22H2,1-2H3. The molecule has 3 aromatic carbocycles. The van der Waals surface area contributed by atoms with Gasteiger partial charge in [-0.15, -0.1) is 0 Å². The third-order valence-electron chi connectivity index (χ3n) is 6.66. The molecule has 1 aliphatic heterocycles. The molecule has 0 N–H and O–H groups in total. The number of nitrogens with zero attached hydrogens (tertiary/aromatic N) is 1. The molecule has 1 fully saturated rings. The molecule has 0 amide bonds. The van der Waals surface area contributed by atoms with Crippen LogP contribution in [0, 0.1) is 5.92 Å². The highest BCUT2D eigenvalue weighted by atomic mass is 16.5. The Hall–Kier alpha value is -2.91. The molecule has 3 aromatic rings. The van der Waals surface area contributed by atoms with E-state index >= 15 is 0 Å². The maximum Gasteiger partial charge on any atom is 0.224 e. The van der Waals surface area contributed by atoms with Crippen molar-refractivity contribution in [2.75, 3.05) is 13.1 Å². The summed E-state index contributed by atoms with van der Waals surface area (Å²) in [4.78, 5) is 15.8. The van der Waals surface area contributed by atoms with Crippen LogP contribution in [0.4, 0.5) is 0 Å². The predicted molar refractivity (Wildman–Crippen MR) is 136 cm³/mol. The molecule has 0 atom stereocenters. The lowest BCUT2D eigenvalue weighted by atomic mass is 9.90. The van der Waals surface area contributed by atoms with Gasteiger partial charge in [0.2, 0.25) is 5.43 Å². The van der Waals surface area contributed by atoms with E-state index in [0.29, 0.717) is 24.8 Å². The average molecular weight is 442 g/mol. The Labute approximate surface area is 198 Å². The molecule has 1 aliphatic rings. The molecule has 1 heterocycles. The summed E-state index contributed by atoms with van der Waals surface area (Å²) in [5.74, 6) is 1.51. The summed E-state index contributed by atoms with van der Waals surface area (Å²) in [6.45, 7) is 7.46. The highest BCUT2D eigenvalue weighted by Crippen LogP contribution is 2.23. The topological polar surface area (TPSA) is 29.5 Å². The molecule has 3 nitrogen and oxygen atoms in total. The summed E-state index contributed by atoms with van der Waals surface area (Å²) in [5, 5.41) is 0. The average Bonchev–Trinajstić information content (AvgIpc) is 2.99. The van der Waals surface area contributed by atoms with Crippen molar-refractivity contribution in [3.8, 4) is 5.75 Å². The van der Waals surface area contributed by atoms with Crippen molar-refractivity contribution in [3.63, 3.8) is 0 Å². The van der Waals surface area contributed by atoms with Crippen LogP contribution in [-0.2, 0) is 19.6 Å². The summed E-state index contributed by atoms with van der Waals surface area (Å²) >= 11 is 0. The van der Waals surface area contributed by atoms with Gasteiger partial charge in [0.15, 0.2) is 5.75 Å². The molecule has 4 rings (SSSR count). The Morgan fingerprint density at radius 1 is 0.879 bits per heavy atom. The normalized spacial score (nSPS) is 15.0. The van der Waals surface area contributed by atoms with E-state index in [0.717, 1.165) is 42.1 Å².